The van der Waals surface area contributed by atoms with Gasteiger partial charge in [-0.05, 0) is 49.2 Å². The average molecular weight is 407 g/mol. The number of nitrogens with one attached hydrogen (secondary N) is 1. The zero-order chi connectivity index (χ0) is 21.1. The number of hydrogen-bond donors (Lipinski definition) is 1. The van der Waals surface area contributed by atoms with Crippen LogP contribution >= 0.6 is 0 Å². The first kappa shape index (κ1) is 19.9. The van der Waals surface area contributed by atoms with Gasteiger partial charge in [-0.3, -0.25) is 9.59 Å². The topological polar surface area (TPSA) is 79.0 Å². The highest BCUT2D eigenvalue weighted by atomic mass is 16.5. The van der Waals surface area contributed by atoms with Crippen LogP contribution < -0.4 is 15.0 Å². The van der Waals surface area contributed by atoms with E-state index in [1.165, 1.54) is 4.90 Å². The molecule has 1 unspecified atom stereocenters. The van der Waals surface area contributed by atoms with E-state index < -0.39 is 6.04 Å². The molecule has 0 aromatic heterocycles. The van der Waals surface area contributed by atoms with E-state index in [1.807, 2.05) is 18.2 Å². The van der Waals surface area contributed by atoms with Gasteiger partial charge in [0.1, 0.15) is 11.8 Å². The van der Waals surface area contributed by atoms with Crippen LogP contribution in [0.4, 0.5) is 16.2 Å². The molecule has 1 atom stereocenters. The Morgan fingerprint density at radius 1 is 1.03 bits per heavy atom. The first-order chi connectivity index (χ1) is 14.6. The van der Waals surface area contributed by atoms with E-state index in [0.717, 1.165) is 25.7 Å². The fourth-order valence-corrected chi connectivity index (χ4v) is 4.27. The molecule has 1 saturated heterocycles. The van der Waals surface area contributed by atoms with Gasteiger partial charge in [-0.15, -0.1) is 0 Å². The lowest BCUT2D eigenvalue weighted by molar-refractivity contribution is -0.124. The second-order valence-electron chi connectivity index (χ2n) is 7.63. The van der Waals surface area contributed by atoms with E-state index in [1.54, 1.807) is 48.4 Å². The highest BCUT2D eigenvalue weighted by Gasteiger charge is 2.49. The smallest absolute Gasteiger partial charge is 0.332 e. The van der Waals surface area contributed by atoms with Crippen molar-refractivity contribution < 1.29 is 19.1 Å². The van der Waals surface area contributed by atoms with Crippen LogP contribution in [0.1, 0.15) is 32.1 Å². The van der Waals surface area contributed by atoms with E-state index >= 15 is 0 Å². The lowest BCUT2D eigenvalue weighted by Gasteiger charge is -2.27. The molecule has 1 saturated carbocycles. The predicted octanol–water partition coefficient (Wildman–Crippen LogP) is 3.80. The Morgan fingerprint density at radius 2 is 1.70 bits per heavy atom. The van der Waals surface area contributed by atoms with Crippen LogP contribution in [0.25, 0.3) is 0 Å². The number of anilines is 2. The Morgan fingerprint density at radius 3 is 2.33 bits per heavy atom. The van der Waals surface area contributed by atoms with E-state index in [4.69, 9.17) is 4.74 Å². The third-order valence-corrected chi connectivity index (χ3v) is 5.74. The maximum absolute atomic E-state index is 13.3. The summed E-state index contributed by atoms with van der Waals surface area (Å²) in [6.07, 6.45) is 3.68. The minimum Gasteiger partial charge on any atom is -0.497 e. The van der Waals surface area contributed by atoms with Crippen molar-refractivity contribution in [3.05, 3.63) is 54.6 Å². The van der Waals surface area contributed by atoms with Crippen LogP contribution in [0.2, 0.25) is 0 Å². The highest BCUT2D eigenvalue weighted by molar-refractivity contribution is 6.22. The molecular formula is C23H25N3O4. The van der Waals surface area contributed by atoms with Gasteiger partial charge >= 0.3 is 6.03 Å². The number of benzene rings is 2. The summed E-state index contributed by atoms with van der Waals surface area (Å²) in [4.78, 5) is 42.0. The summed E-state index contributed by atoms with van der Waals surface area (Å²) in [7, 11) is 1.56. The number of rotatable bonds is 6. The molecule has 1 N–H and O–H groups in total. The van der Waals surface area contributed by atoms with Crippen LogP contribution in [-0.4, -0.2) is 41.9 Å². The Kier molecular flexibility index (Phi) is 5.70. The number of carbonyl (C=O) groups excluding carboxylic acids is 3. The van der Waals surface area contributed by atoms with Crippen molar-refractivity contribution in [1.29, 1.82) is 0 Å². The highest BCUT2D eigenvalue weighted by Crippen LogP contribution is 2.34. The number of carbonyl (C=O) groups is 3. The van der Waals surface area contributed by atoms with Gasteiger partial charge in [-0.2, -0.15) is 0 Å². The van der Waals surface area contributed by atoms with Gasteiger partial charge in [0.05, 0.1) is 19.2 Å². The van der Waals surface area contributed by atoms with Crippen molar-refractivity contribution in [3.8, 4) is 5.75 Å². The standard InChI is InChI=1S/C23H25N3O4/c1-30-19-13-11-18(12-14-19)26-22(28)20(25(23(26)29)17-9-5-6-10-17)15-21(27)24-16-7-3-2-4-8-16/h2-4,7-8,11-14,17,20H,5-6,9-10,15H2,1H3,(H,24,27). The minimum atomic E-state index is -0.800. The summed E-state index contributed by atoms with van der Waals surface area (Å²) in [5, 5.41) is 2.82. The molecule has 1 aliphatic heterocycles. The van der Waals surface area contributed by atoms with Gasteiger partial charge in [-0.1, -0.05) is 31.0 Å². The maximum Gasteiger partial charge on any atom is 0.332 e. The maximum atomic E-state index is 13.3. The summed E-state index contributed by atoms with van der Waals surface area (Å²) < 4.78 is 5.17. The van der Waals surface area contributed by atoms with E-state index in [-0.39, 0.29) is 30.3 Å². The van der Waals surface area contributed by atoms with Crippen LogP contribution in [0.5, 0.6) is 5.75 Å². The van der Waals surface area contributed by atoms with Crippen molar-refractivity contribution in [2.45, 2.75) is 44.2 Å². The minimum absolute atomic E-state index is 0.0146. The van der Waals surface area contributed by atoms with Crippen molar-refractivity contribution in [2.24, 2.45) is 0 Å². The molecule has 0 bridgehead atoms. The average Bonchev–Trinajstić information content (AvgIpc) is 3.36. The molecule has 2 fully saturated rings. The van der Waals surface area contributed by atoms with Crippen LogP contribution in [0.15, 0.2) is 54.6 Å². The fraction of sp³-hybridized carbons (Fsp3) is 0.348. The molecule has 4 amide bonds. The number of amides is 4. The Balaban J connectivity index is 1.58. The summed E-state index contributed by atoms with van der Waals surface area (Å²) in [6.45, 7) is 0. The van der Waals surface area contributed by atoms with E-state index in [2.05, 4.69) is 5.32 Å². The molecule has 4 rings (SSSR count). The molecule has 7 nitrogen and oxygen atoms in total. The van der Waals surface area contributed by atoms with Crippen molar-refractivity contribution >= 4 is 29.2 Å². The van der Waals surface area contributed by atoms with Gasteiger partial charge in [-0.25, -0.2) is 9.69 Å². The number of methoxy groups -OCH3 is 1. The Bertz CT molecular complexity index is 923. The summed E-state index contributed by atoms with van der Waals surface area (Å²) in [6, 6.07) is 14.7. The summed E-state index contributed by atoms with van der Waals surface area (Å²) >= 11 is 0. The number of hydrogen-bond acceptors (Lipinski definition) is 4. The van der Waals surface area contributed by atoms with Gasteiger partial charge in [0.2, 0.25) is 5.91 Å². The molecule has 30 heavy (non-hydrogen) atoms. The lowest BCUT2D eigenvalue weighted by Crippen LogP contribution is -2.43. The number of ether oxygens (including phenoxy) is 1. The second kappa shape index (κ2) is 8.57. The zero-order valence-electron chi connectivity index (χ0n) is 16.9. The van der Waals surface area contributed by atoms with Gasteiger partial charge in [0, 0.05) is 11.7 Å². The van der Waals surface area contributed by atoms with Gasteiger partial charge in [0.15, 0.2) is 0 Å². The normalized spacial score (nSPS) is 19.4. The predicted molar refractivity (Wildman–Crippen MR) is 113 cm³/mol. The first-order valence-electron chi connectivity index (χ1n) is 10.2. The van der Waals surface area contributed by atoms with Crippen LogP contribution in [-0.2, 0) is 9.59 Å². The quantitative estimate of drug-likeness (QED) is 0.739. The third kappa shape index (κ3) is 3.87. The number of urea groups is 1. The first-order valence-corrected chi connectivity index (χ1v) is 10.2. The molecule has 0 spiro atoms. The number of nitrogens with zero attached hydrogens (tertiary/aromatic N) is 2. The summed E-state index contributed by atoms with van der Waals surface area (Å²) in [5.41, 5.74) is 1.15. The van der Waals surface area contributed by atoms with Gasteiger partial charge < -0.3 is 15.0 Å². The second-order valence-corrected chi connectivity index (χ2v) is 7.63. The monoisotopic (exact) mass is 407 g/mol. The van der Waals surface area contributed by atoms with E-state index in [9.17, 15) is 14.4 Å². The van der Waals surface area contributed by atoms with Crippen molar-refractivity contribution in [1.82, 2.24) is 4.90 Å². The number of para-hydroxylation sites is 1. The van der Waals surface area contributed by atoms with E-state index in [0.29, 0.717) is 17.1 Å². The Hall–Kier alpha value is -3.35. The van der Waals surface area contributed by atoms with Gasteiger partial charge in [0.25, 0.3) is 5.91 Å². The zero-order valence-corrected chi connectivity index (χ0v) is 16.9. The Labute approximate surface area is 175 Å². The number of imide groups is 1. The molecule has 0 radical (unpaired) electrons. The molecule has 2 aromatic rings. The third-order valence-electron chi connectivity index (χ3n) is 5.74. The molecule has 156 valence electrons. The SMILES string of the molecule is COc1ccc(N2C(=O)C(CC(=O)Nc3ccccc3)N(C3CCCC3)C2=O)cc1. The molecule has 2 aromatic carbocycles. The fourth-order valence-electron chi connectivity index (χ4n) is 4.27. The van der Waals surface area contributed by atoms with Crippen molar-refractivity contribution in [2.75, 3.05) is 17.3 Å². The summed E-state index contributed by atoms with van der Waals surface area (Å²) in [5.74, 6) is -0.00325. The van der Waals surface area contributed by atoms with Crippen LogP contribution in [0.3, 0.4) is 0 Å². The van der Waals surface area contributed by atoms with Crippen molar-refractivity contribution in [3.63, 3.8) is 0 Å². The van der Waals surface area contributed by atoms with Crippen LogP contribution in [0, 0.1) is 0 Å². The lowest BCUT2D eigenvalue weighted by atomic mass is 10.1. The molecule has 7 heteroatoms. The molecular weight excluding hydrogens is 382 g/mol. The molecule has 1 aliphatic carbocycles. The largest absolute Gasteiger partial charge is 0.497 e. The molecule has 1 heterocycles. The molecule has 2 aliphatic rings.